The summed E-state index contributed by atoms with van der Waals surface area (Å²) in [5, 5.41) is 19.9. The Kier molecular flexibility index (Phi) is 5.66. The lowest BCUT2D eigenvalue weighted by molar-refractivity contribution is -0.0959. The quantitative estimate of drug-likeness (QED) is 0.546. The third-order valence-corrected chi connectivity index (χ3v) is 7.75. The van der Waals surface area contributed by atoms with E-state index < -0.39 is 6.29 Å². The molecule has 2 aliphatic heterocycles. The zero-order valence-corrected chi connectivity index (χ0v) is 19.6. The van der Waals surface area contributed by atoms with Crippen LogP contribution in [0.2, 0.25) is 10.2 Å². The number of nitrogens with one attached hydrogen (secondary N) is 1. The van der Waals surface area contributed by atoms with Crippen LogP contribution in [0.4, 0.5) is 11.6 Å². The number of rotatable bonds is 5. The average molecular weight is 489 g/mol. The molecule has 33 heavy (non-hydrogen) atoms. The van der Waals surface area contributed by atoms with E-state index in [0.29, 0.717) is 35.4 Å². The lowest BCUT2D eigenvalue weighted by Gasteiger charge is -2.36. The molecule has 3 aliphatic rings. The van der Waals surface area contributed by atoms with E-state index in [-0.39, 0.29) is 6.04 Å². The fourth-order valence-corrected chi connectivity index (χ4v) is 5.64. The van der Waals surface area contributed by atoms with Crippen LogP contribution in [0.1, 0.15) is 49.6 Å². The summed E-state index contributed by atoms with van der Waals surface area (Å²) in [4.78, 5) is 11.5. The molecule has 6 rings (SSSR count). The van der Waals surface area contributed by atoms with Crippen molar-refractivity contribution in [2.24, 2.45) is 0 Å². The van der Waals surface area contributed by atoms with Crippen molar-refractivity contribution >= 4 is 45.7 Å². The van der Waals surface area contributed by atoms with Crippen molar-refractivity contribution in [3.8, 4) is 0 Å². The summed E-state index contributed by atoms with van der Waals surface area (Å²) >= 11 is 13.2. The molecule has 2 atom stereocenters. The van der Waals surface area contributed by atoms with E-state index in [0.717, 1.165) is 66.7 Å². The van der Waals surface area contributed by atoms with E-state index in [1.54, 1.807) is 12.4 Å². The van der Waals surface area contributed by atoms with Crippen molar-refractivity contribution in [1.29, 1.82) is 0 Å². The normalized spacial score (nSPS) is 24.6. The minimum Gasteiger partial charge on any atom is -0.367 e. The Hall–Kier alpha value is -1.97. The van der Waals surface area contributed by atoms with E-state index in [2.05, 4.69) is 26.4 Å². The van der Waals surface area contributed by atoms with Gasteiger partial charge in [0.2, 0.25) is 5.95 Å². The van der Waals surface area contributed by atoms with Crippen molar-refractivity contribution in [2.75, 3.05) is 25.0 Å². The fraction of sp³-hybridized carbons (Fsp3) is 0.522. The molecule has 174 valence electrons. The Morgan fingerprint density at radius 3 is 2.61 bits per heavy atom. The Balaban J connectivity index is 1.20. The van der Waals surface area contributed by atoms with Gasteiger partial charge in [0.15, 0.2) is 11.4 Å². The third-order valence-electron chi connectivity index (χ3n) is 7.04. The van der Waals surface area contributed by atoms with E-state index in [1.807, 2.05) is 10.7 Å². The van der Waals surface area contributed by atoms with Gasteiger partial charge in [-0.15, -0.1) is 0 Å². The van der Waals surface area contributed by atoms with Crippen molar-refractivity contribution < 1.29 is 9.84 Å². The summed E-state index contributed by atoms with van der Waals surface area (Å²) in [6, 6.07) is 4.56. The maximum atomic E-state index is 10.0. The van der Waals surface area contributed by atoms with Gasteiger partial charge >= 0.3 is 0 Å². The van der Waals surface area contributed by atoms with Crippen LogP contribution in [-0.2, 0) is 4.74 Å². The summed E-state index contributed by atoms with van der Waals surface area (Å²) in [7, 11) is 0. The number of piperidine rings is 1. The highest BCUT2D eigenvalue weighted by Gasteiger charge is 2.34. The number of likely N-dealkylation sites (tertiary alicyclic amines) is 1. The number of aliphatic hydroxyl groups excluding tert-OH is 1. The first kappa shape index (κ1) is 21.6. The zero-order valence-electron chi connectivity index (χ0n) is 18.1. The number of hydrogen-bond acceptors (Lipinski definition) is 7. The van der Waals surface area contributed by atoms with Crippen LogP contribution in [0.15, 0.2) is 24.5 Å². The van der Waals surface area contributed by atoms with Crippen LogP contribution < -0.4 is 5.32 Å². The highest BCUT2D eigenvalue weighted by Crippen LogP contribution is 2.39. The Morgan fingerprint density at radius 1 is 1.06 bits per heavy atom. The lowest BCUT2D eigenvalue weighted by atomic mass is 9.88. The van der Waals surface area contributed by atoms with Gasteiger partial charge in [-0.05, 0) is 68.8 Å². The summed E-state index contributed by atoms with van der Waals surface area (Å²) in [6.45, 7) is 2.47. The topological polar surface area (TPSA) is 88.3 Å². The van der Waals surface area contributed by atoms with Gasteiger partial charge in [-0.2, -0.15) is 5.10 Å². The van der Waals surface area contributed by atoms with Gasteiger partial charge in [0.05, 0.1) is 36.1 Å². The number of fused-ring (bicyclic) bond motifs is 1. The molecule has 3 aromatic rings. The molecule has 0 unspecified atom stereocenters. The van der Waals surface area contributed by atoms with E-state index in [9.17, 15) is 5.11 Å². The fourth-order valence-electron chi connectivity index (χ4n) is 5.03. The Labute approximate surface area is 201 Å². The smallest absolute Gasteiger partial charge is 0.227 e. The largest absolute Gasteiger partial charge is 0.367 e. The van der Waals surface area contributed by atoms with Crippen LogP contribution >= 0.6 is 23.2 Å². The number of aromatic nitrogens is 4. The SMILES string of the molecule is O[C@H]1OCC[C@H]1N1CCC(c2cc3nc(Nc4cnn(C5CC5)c4Cl)ncc3cc2Cl)CC1. The number of anilines is 2. The van der Waals surface area contributed by atoms with E-state index in [4.69, 9.17) is 32.9 Å². The Morgan fingerprint density at radius 2 is 1.88 bits per heavy atom. The first-order valence-corrected chi connectivity index (χ1v) is 12.3. The van der Waals surface area contributed by atoms with Crippen LogP contribution in [-0.4, -0.2) is 61.8 Å². The molecule has 0 amide bonds. The molecule has 2 aromatic heterocycles. The van der Waals surface area contributed by atoms with Crippen LogP contribution in [0.25, 0.3) is 10.9 Å². The minimum absolute atomic E-state index is 0.107. The molecule has 1 aliphatic carbocycles. The molecule has 2 saturated heterocycles. The van der Waals surface area contributed by atoms with E-state index >= 15 is 0 Å². The maximum absolute atomic E-state index is 10.0. The number of benzene rings is 1. The predicted octanol–water partition coefficient (Wildman–Crippen LogP) is 4.50. The molecular formula is C23H26Cl2N6O2. The van der Waals surface area contributed by atoms with Gasteiger partial charge in [0.25, 0.3) is 0 Å². The van der Waals surface area contributed by atoms with Gasteiger partial charge < -0.3 is 15.2 Å². The molecule has 3 fully saturated rings. The molecule has 0 radical (unpaired) electrons. The molecule has 1 aromatic carbocycles. The first-order chi connectivity index (χ1) is 16.1. The van der Waals surface area contributed by atoms with Crippen molar-refractivity contribution in [1.82, 2.24) is 24.6 Å². The number of halogens is 2. The standard InChI is InChI=1S/C23H26Cl2N6O2/c24-17-9-14-11-26-23(29-19-12-27-31(21(19)25)15-1-2-15)28-18(14)10-16(17)13-3-6-30(7-4-13)20-5-8-33-22(20)32/h9-13,15,20,22,32H,1-8H2,(H,26,28,29)/t20-,22+/m1/s1. The minimum atomic E-state index is -0.668. The third kappa shape index (κ3) is 4.19. The van der Waals surface area contributed by atoms with Crippen molar-refractivity contribution in [3.63, 3.8) is 0 Å². The molecular weight excluding hydrogens is 463 g/mol. The Bertz CT molecular complexity index is 1180. The van der Waals surface area contributed by atoms with Gasteiger partial charge in [-0.25, -0.2) is 14.6 Å². The second-order valence-corrected chi connectivity index (χ2v) is 9.97. The number of aliphatic hydroxyl groups is 1. The average Bonchev–Trinajstić information content (AvgIpc) is 3.47. The molecule has 0 bridgehead atoms. The maximum Gasteiger partial charge on any atom is 0.227 e. The molecule has 4 heterocycles. The molecule has 0 spiro atoms. The molecule has 1 saturated carbocycles. The number of ether oxygens (including phenoxy) is 1. The molecule has 10 heteroatoms. The monoisotopic (exact) mass is 488 g/mol. The van der Waals surface area contributed by atoms with Gasteiger partial charge in [0, 0.05) is 16.6 Å². The van der Waals surface area contributed by atoms with Gasteiger partial charge in [-0.3, -0.25) is 4.90 Å². The second-order valence-electron chi connectivity index (χ2n) is 9.20. The van der Waals surface area contributed by atoms with Crippen molar-refractivity contribution in [3.05, 3.63) is 40.3 Å². The first-order valence-electron chi connectivity index (χ1n) is 11.6. The van der Waals surface area contributed by atoms with Crippen LogP contribution in [0.5, 0.6) is 0 Å². The van der Waals surface area contributed by atoms with Crippen LogP contribution in [0, 0.1) is 0 Å². The van der Waals surface area contributed by atoms with Gasteiger partial charge in [0.1, 0.15) is 0 Å². The van der Waals surface area contributed by atoms with Crippen LogP contribution in [0.3, 0.4) is 0 Å². The number of nitrogens with zero attached hydrogens (tertiary/aromatic N) is 5. The highest BCUT2D eigenvalue weighted by molar-refractivity contribution is 6.32. The summed E-state index contributed by atoms with van der Waals surface area (Å²) in [5.74, 6) is 0.841. The summed E-state index contributed by atoms with van der Waals surface area (Å²) in [5.41, 5.74) is 2.68. The predicted molar refractivity (Wildman–Crippen MR) is 127 cm³/mol. The van der Waals surface area contributed by atoms with Gasteiger partial charge in [-0.1, -0.05) is 23.2 Å². The number of hydrogen-bond donors (Lipinski definition) is 2. The highest BCUT2D eigenvalue weighted by atomic mass is 35.5. The molecule has 2 N–H and O–H groups in total. The zero-order chi connectivity index (χ0) is 22.5. The summed E-state index contributed by atoms with van der Waals surface area (Å²) in [6.07, 6.45) is 7.93. The van der Waals surface area contributed by atoms with Crippen molar-refractivity contribution in [2.45, 2.75) is 56.4 Å². The van der Waals surface area contributed by atoms with E-state index in [1.165, 1.54) is 0 Å². The molecule has 8 nitrogen and oxygen atoms in total. The lowest BCUT2D eigenvalue weighted by Crippen LogP contribution is -2.45. The summed E-state index contributed by atoms with van der Waals surface area (Å²) < 4.78 is 7.19. The second kappa shape index (κ2) is 8.67.